The van der Waals surface area contributed by atoms with Crippen LogP contribution in [0.1, 0.15) is 24.4 Å². The fraction of sp³-hybridized carbons (Fsp3) is 0.263. The Morgan fingerprint density at radius 2 is 2.08 bits per heavy atom. The SMILES string of the molecule is COc1cc2cc(F)c(-c3ccc(N)nc3)c(C)c2n(C2CC2)c1=O. The summed E-state index contributed by atoms with van der Waals surface area (Å²) in [5, 5.41) is 0.658. The minimum Gasteiger partial charge on any atom is -0.491 e. The maximum absolute atomic E-state index is 14.9. The van der Waals surface area contributed by atoms with Gasteiger partial charge in [-0.05, 0) is 49.6 Å². The molecule has 3 aromatic rings. The topological polar surface area (TPSA) is 70.1 Å². The van der Waals surface area contributed by atoms with E-state index in [9.17, 15) is 9.18 Å². The van der Waals surface area contributed by atoms with Crippen LogP contribution in [0.25, 0.3) is 22.0 Å². The van der Waals surface area contributed by atoms with Gasteiger partial charge in [0, 0.05) is 28.8 Å². The van der Waals surface area contributed by atoms with Crippen molar-refractivity contribution in [2.45, 2.75) is 25.8 Å². The van der Waals surface area contributed by atoms with Crippen LogP contribution in [0.15, 0.2) is 35.3 Å². The lowest BCUT2D eigenvalue weighted by atomic mass is 9.97. The molecule has 1 aromatic carbocycles. The first-order chi connectivity index (χ1) is 12.0. The molecule has 0 radical (unpaired) electrons. The number of fused-ring (bicyclic) bond motifs is 1. The number of halogens is 1. The van der Waals surface area contributed by atoms with Crippen LogP contribution in [0.3, 0.4) is 0 Å². The van der Waals surface area contributed by atoms with Crippen molar-refractivity contribution < 1.29 is 9.13 Å². The number of aromatic nitrogens is 2. The zero-order valence-corrected chi connectivity index (χ0v) is 14.0. The molecule has 2 N–H and O–H groups in total. The average molecular weight is 339 g/mol. The van der Waals surface area contributed by atoms with E-state index in [1.54, 1.807) is 29.0 Å². The number of aryl methyl sites for hydroxylation is 1. The molecular weight excluding hydrogens is 321 g/mol. The number of anilines is 1. The summed E-state index contributed by atoms with van der Waals surface area (Å²) < 4.78 is 21.8. The third-order valence-corrected chi connectivity index (χ3v) is 4.69. The van der Waals surface area contributed by atoms with Gasteiger partial charge in [-0.25, -0.2) is 9.37 Å². The van der Waals surface area contributed by atoms with Crippen molar-refractivity contribution >= 4 is 16.7 Å². The molecule has 0 saturated heterocycles. The van der Waals surface area contributed by atoms with Crippen molar-refractivity contribution in [2.75, 3.05) is 12.8 Å². The molecule has 1 fully saturated rings. The van der Waals surface area contributed by atoms with Gasteiger partial charge in [0.25, 0.3) is 5.56 Å². The molecule has 0 amide bonds. The molecule has 2 heterocycles. The summed E-state index contributed by atoms with van der Waals surface area (Å²) in [6, 6.07) is 6.59. The second-order valence-corrected chi connectivity index (χ2v) is 6.39. The van der Waals surface area contributed by atoms with Crippen molar-refractivity contribution in [1.29, 1.82) is 0 Å². The summed E-state index contributed by atoms with van der Waals surface area (Å²) in [6.45, 7) is 1.84. The van der Waals surface area contributed by atoms with Gasteiger partial charge >= 0.3 is 0 Å². The first-order valence-electron chi connectivity index (χ1n) is 8.15. The number of ether oxygens (including phenoxy) is 1. The van der Waals surface area contributed by atoms with Gasteiger partial charge in [0.05, 0.1) is 12.6 Å². The van der Waals surface area contributed by atoms with E-state index in [0.717, 1.165) is 18.4 Å². The highest BCUT2D eigenvalue weighted by Gasteiger charge is 2.29. The Hall–Kier alpha value is -2.89. The first-order valence-corrected chi connectivity index (χ1v) is 8.15. The van der Waals surface area contributed by atoms with Crippen molar-refractivity contribution in [3.63, 3.8) is 0 Å². The van der Waals surface area contributed by atoms with E-state index in [0.29, 0.717) is 27.9 Å². The third kappa shape index (κ3) is 2.45. The maximum atomic E-state index is 14.9. The summed E-state index contributed by atoms with van der Waals surface area (Å²) in [5.74, 6) is 0.252. The minimum absolute atomic E-state index is 0.145. The van der Waals surface area contributed by atoms with Gasteiger partial charge in [-0.1, -0.05) is 0 Å². The molecule has 0 atom stereocenters. The Balaban J connectivity index is 2.09. The largest absolute Gasteiger partial charge is 0.491 e. The predicted octanol–water partition coefficient (Wildman–Crippen LogP) is 3.44. The molecule has 128 valence electrons. The van der Waals surface area contributed by atoms with Crippen LogP contribution in [0.2, 0.25) is 0 Å². The molecule has 0 aliphatic heterocycles. The number of rotatable bonds is 3. The quantitative estimate of drug-likeness (QED) is 0.793. The third-order valence-electron chi connectivity index (χ3n) is 4.69. The van der Waals surface area contributed by atoms with Crippen LogP contribution in [-0.4, -0.2) is 16.7 Å². The number of pyridine rings is 2. The van der Waals surface area contributed by atoms with E-state index in [-0.39, 0.29) is 23.2 Å². The minimum atomic E-state index is -0.361. The summed E-state index contributed by atoms with van der Waals surface area (Å²) in [7, 11) is 1.46. The van der Waals surface area contributed by atoms with Gasteiger partial charge in [0.2, 0.25) is 0 Å². The highest BCUT2D eigenvalue weighted by atomic mass is 19.1. The van der Waals surface area contributed by atoms with Crippen molar-refractivity contribution in [1.82, 2.24) is 9.55 Å². The molecule has 1 aliphatic rings. The molecule has 4 rings (SSSR count). The van der Waals surface area contributed by atoms with E-state index in [1.807, 2.05) is 6.92 Å². The van der Waals surface area contributed by atoms with E-state index < -0.39 is 0 Å². The number of hydrogen-bond donors (Lipinski definition) is 1. The molecule has 0 bridgehead atoms. The number of hydrogen-bond acceptors (Lipinski definition) is 4. The van der Waals surface area contributed by atoms with E-state index >= 15 is 0 Å². The maximum Gasteiger partial charge on any atom is 0.293 e. The molecule has 6 heteroatoms. The first kappa shape index (κ1) is 15.6. The number of nitrogens with two attached hydrogens (primary N) is 1. The molecule has 25 heavy (non-hydrogen) atoms. The van der Waals surface area contributed by atoms with E-state index in [4.69, 9.17) is 10.5 Å². The Labute approximate surface area is 143 Å². The second-order valence-electron chi connectivity index (χ2n) is 6.39. The molecular formula is C19H18FN3O2. The highest BCUT2D eigenvalue weighted by Crippen LogP contribution is 2.40. The van der Waals surface area contributed by atoms with Gasteiger partial charge in [-0.3, -0.25) is 4.79 Å². The van der Waals surface area contributed by atoms with Crippen molar-refractivity contribution in [3.05, 3.63) is 52.2 Å². The normalized spacial score (nSPS) is 14.0. The average Bonchev–Trinajstić information content (AvgIpc) is 3.41. The Kier molecular flexibility index (Phi) is 3.49. The second kappa shape index (κ2) is 5.58. The lowest BCUT2D eigenvalue weighted by Crippen LogP contribution is -2.21. The molecule has 0 unspecified atom stereocenters. The van der Waals surface area contributed by atoms with Gasteiger partial charge in [0.15, 0.2) is 5.75 Å². The zero-order chi connectivity index (χ0) is 17.7. The van der Waals surface area contributed by atoms with Crippen LogP contribution in [0, 0.1) is 12.7 Å². The van der Waals surface area contributed by atoms with Gasteiger partial charge < -0.3 is 15.0 Å². The Morgan fingerprint density at radius 1 is 1.32 bits per heavy atom. The fourth-order valence-electron chi connectivity index (χ4n) is 3.38. The van der Waals surface area contributed by atoms with Crippen LogP contribution in [-0.2, 0) is 0 Å². The van der Waals surface area contributed by atoms with Crippen LogP contribution in [0.4, 0.5) is 10.2 Å². The van der Waals surface area contributed by atoms with Crippen LogP contribution >= 0.6 is 0 Å². The smallest absolute Gasteiger partial charge is 0.293 e. The lowest BCUT2D eigenvalue weighted by Gasteiger charge is -2.17. The highest BCUT2D eigenvalue weighted by molar-refractivity contribution is 5.90. The number of nitrogens with zero attached hydrogens (tertiary/aromatic N) is 2. The summed E-state index contributed by atoms with van der Waals surface area (Å²) in [4.78, 5) is 16.8. The lowest BCUT2D eigenvalue weighted by molar-refractivity contribution is 0.404. The van der Waals surface area contributed by atoms with Crippen molar-refractivity contribution in [3.8, 4) is 16.9 Å². The van der Waals surface area contributed by atoms with Gasteiger partial charge in [-0.15, -0.1) is 0 Å². The van der Waals surface area contributed by atoms with Crippen LogP contribution < -0.4 is 16.0 Å². The number of benzene rings is 1. The van der Waals surface area contributed by atoms with Gasteiger partial charge in [-0.2, -0.15) is 0 Å². The van der Waals surface area contributed by atoms with E-state index in [2.05, 4.69) is 4.98 Å². The number of methoxy groups -OCH3 is 1. The molecule has 2 aromatic heterocycles. The summed E-state index contributed by atoms with van der Waals surface area (Å²) >= 11 is 0. The molecule has 1 aliphatic carbocycles. The van der Waals surface area contributed by atoms with Gasteiger partial charge in [0.1, 0.15) is 11.6 Å². The molecule has 5 nitrogen and oxygen atoms in total. The monoisotopic (exact) mass is 339 g/mol. The molecule has 0 spiro atoms. The summed E-state index contributed by atoms with van der Waals surface area (Å²) in [5.41, 5.74) is 8.01. The molecule has 1 saturated carbocycles. The standard InChI is InChI=1S/C19H18FN3O2/c1-10-17(11-3-6-16(21)22-9-11)14(20)7-12-8-15(25-2)19(24)23(18(10)12)13-4-5-13/h3,6-9,13H,4-5H2,1-2H3,(H2,21,22). The van der Waals surface area contributed by atoms with Crippen molar-refractivity contribution in [2.24, 2.45) is 0 Å². The van der Waals surface area contributed by atoms with Crippen LogP contribution in [0.5, 0.6) is 5.75 Å². The Bertz CT molecular complexity index is 1040. The van der Waals surface area contributed by atoms with E-state index in [1.165, 1.54) is 13.2 Å². The summed E-state index contributed by atoms with van der Waals surface area (Å²) in [6.07, 6.45) is 3.44. The Morgan fingerprint density at radius 3 is 2.68 bits per heavy atom. The fourth-order valence-corrected chi connectivity index (χ4v) is 3.38. The number of nitrogen functional groups attached to an aromatic ring is 1. The predicted molar refractivity (Wildman–Crippen MR) is 95.4 cm³/mol. The zero-order valence-electron chi connectivity index (χ0n) is 14.0.